The van der Waals surface area contributed by atoms with Crippen molar-refractivity contribution in [1.82, 2.24) is 0 Å². The Kier molecular flexibility index (Phi) is 9.70. The van der Waals surface area contributed by atoms with Gasteiger partial charge in [0.1, 0.15) is 13.2 Å². The Hall–Kier alpha value is -7.20. The lowest BCUT2D eigenvalue weighted by atomic mass is 10.0. The van der Waals surface area contributed by atoms with Crippen LogP contribution in [-0.4, -0.2) is 35.1 Å². The van der Waals surface area contributed by atoms with Crippen LogP contribution in [-0.2, 0) is 22.7 Å². The fraction of sp³-hybridized carbons (Fsp3) is 0.0417. The van der Waals surface area contributed by atoms with E-state index in [1.807, 2.05) is 0 Å². The molecule has 0 radical (unpaired) electrons. The zero-order valence-corrected chi connectivity index (χ0v) is 34.3. The molecule has 2 aliphatic rings. The summed E-state index contributed by atoms with van der Waals surface area (Å²) in [5.74, 6) is -9.96. The summed E-state index contributed by atoms with van der Waals surface area (Å²) in [6.07, 6.45) is 2.55. The largest absolute Gasteiger partial charge is 0.457 e. The molecule has 0 atom stereocenters. The van der Waals surface area contributed by atoms with Crippen molar-refractivity contribution in [2.75, 3.05) is 0 Å². The predicted molar refractivity (Wildman–Crippen MR) is 230 cm³/mol. The molecule has 0 spiro atoms. The van der Waals surface area contributed by atoms with Gasteiger partial charge in [-0.3, -0.25) is 19.2 Å². The van der Waals surface area contributed by atoms with Crippen molar-refractivity contribution in [1.29, 1.82) is 0 Å². The molecule has 63 heavy (non-hydrogen) atoms. The van der Waals surface area contributed by atoms with Gasteiger partial charge in [0.15, 0.2) is 46.4 Å². The van der Waals surface area contributed by atoms with Crippen molar-refractivity contribution in [3.05, 3.63) is 186 Å². The minimum Gasteiger partial charge on any atom is -0.457 e. The molecule has 0 saturated heterocycles. The first kappa shape index (κ1) is 39.9. The quantitative estimate of drug-likeness (QED) is 0.0640. The predicted octanol–water partition coefficient (Wildman–Crippen LogP) is 11.5. The minimum atomic E-state index is -1.30. The standard InChI is InChI=1S/C48H22F4O8S3/c49-32-15-25-26(16-33(32)50)41(54)30(40(25)53)12-23-11-29-37(47(57)59-19-21-7-3-1-4-8-21)46-38(39(44(29)61-23)48(58)60-20-22-9-5-2-6-10-22)45-36(63-46)14-24(62-45)13-31-42(55)27-17-34(51)35(52)18-28(27)43(31)56/h1-18H,19-20H2. The summed E-state index contributed by atoms with van der Waals surface area (Å²) >= 11 is 3.17. The molecular formula is C48H22F4O8S3. The second kappa shape index (κ2) is 15.3. The number of Topliss-reactive ketones (excluding diaryl/α,β-unsaturated/α-hetero) is 4. The molecule has 3 heterocycles. The van der Waals surface area contributed by atoms with Crippen LogP contribution in [0.2, 0.25) is 0 Å². The van der Waals surface area contributed by atoms with Crippen LogP contribution < -0.4 is 0 Å². The average Bonchev–Trinajstić information content (AvgIpc) is 4.06. The van der Waals surface area contributed by atoms with Crippen LogP contribution in [0, 0.1) is 23.3 Å². The van der Waals surface area contributed by atoms with Crippen molar-refractivity contribution >= 4 is 111 Å². The van der Waals surface area contributed by atoms with E-state index in [2.05, 4.69) is 0 Å². The first-order valence-electron chi connectivity index (χ1n) is 18.8. The maximum Gasteiger partial charge on any atom is 0.340 e. The van der Waals surface area contributed by atoms with E-state index >= 15 is 0 Å². The summed E-state index contributed by atoms with van der Waals surface area (Å²) in [4.78, 5) is 83.0. The number of halogens is 4. The van der Waals surface area contributed by atoms with Crippen molar-refractivity contribution in [2.45, 2.75) is 13.2 Å². The van der Waals surface area contributed by atoms with Crippen LogP contribution in [0.5, 0.6) is 0 Å². The van der Waals surface area contributed by atoms with Gasteiger partial charge in [-0.05, 0) is 59.7 Å². The summed E-state index contributed by atoms with van der Waals surface area (Å²) in [7, 11) is 0. The third-order valence-corrected chi connectivity index (χ3v) is 14.1. The highest BCUT2D eigenvalue weighted by Gasteiger charge is 2.37. The summed E-state index contributed by atoms with van der Waals surface area (Å²) in [6.45, 7) is -0.254. The molecule has 0 aliphatic heterocycles. The van der Waals surface area contributed by atoms with E-state index in [0.29, 0.717) is 54.4 Å². The SMILES string of the molecule is O=C1C(=Cc2cc3c(C(=O)OCc4ccccc4)c4sc5cc(C=C6C(=O)c7cc(F)c(F)cc7C6=O)sc5c4c(C(=O)OCc4ccccc4)c3s2)C(=O)c2cc(F)c(F)cc21. The number of esters is 2. The molecule has 0 amide bonds. The Morgan fingerprint density at radius 3 is 1.37 bits per heavy atom. The highest BCUT2D eigenvalue weighted by Crippen LogP contribution is 2.49. The van der Waals surface area contributed by atoms with E-state index in [1.165, 1.54) is 18.2 Å². The molecule has 8 aromatic rings. The van der Waals surface area contributed by atoms with E-state index < -0.39 is 58.3 Å². The molecule has 0 N–H and O–H groups in total. The number of thiophene rings is 3. The highest BCUT2D eigenvalue weighted by molar-refractivity contribution is 7.33. The van der Waals surface area contributed by atoms with E-state index in [0.717, 1.165) is 34.0 Å². The van der Waals surface area contributed by atoms with Gasteiger partial charge in [0.05, 0.1) is 36.4 Å². The molecule has 10 rings (SSSR count). The molecule has 0 bridgehead atoms. The Morgan fingerprint density at radius 2 is 0.905 bits per heavy atom. The number of rotatable bonds is 8. The Balaban J connectivity index is 1.17. The maximum absolute atomic E-state index is 14.5. The van der Waals surface area contributed by atoms with Crippen LogP contribution in [0.1, 0.15) is 83.0 Å². The number of carbonyl (C=O) groups is 6. The van der Waals surface area contributed by atoms with Crippen molar-refractivity contribution < 1.29 is 55.8 Å². The van der Waals surface area contributed by atoms with Crippen molar-refractivity contribution in [3.63, 3.8) is 0 Å². The number of benzene rings is 5. The molecule has 0 unspecified atom stereocenters. The lowest BCUT2D eigenvalue weighted by molar-refractivity contribution is 0.0466. The number of fused-ring (bicyclic) bond motifs is 6. The lowest BCUT2D eigenvalue weighted by Crippen LogP contribution is -2.10. The summed E-state index contributed by atoms with van der Waals surface area (Å²) in [5.41, 5.74) is -0.410. The van der Waals surface area contributed by atoms with Gasteiger partial charge in [0.25, 0.3) is 0 Å². The molecule has 2 aliphatic carbocycles. The van der Waals surface area contributed by atoms with Crippen LogP contribution in [0.25, 0.3) is 41.7 Å². The average molecular weight is 899 g/mol. The van der Waals surface area contributed by atoms with Crippen LogP contribution in [0.15, 0.2) is 108 Å². The number of hydrogen-bond donors (Lipinski definition) is 0. The second-order valence-corrected chi connectivity index (χ2v) is 17.7. The second-order valence-electron chi connectivity index (χ2n) is 14.5. The number of allylic oxidation sites excluding steroid dienone is 2. The summed E-state index contributed by atoms with van der Waals surface area (Å²) in [5, 5.41) is 0.512. The number of ether oxygens (including phenoxy) is 2. The Bertz CT molecular complexity index is 3370. The van der Waals surface area contributed by atoms with E-state index in [-0.39, 0.29) is 78.1 Å². The lowest BCUT2D eigenvalue weighted by Gasteiger charge is -2.12. The van der Waals surface area contributed by atoms with Gasteiger partial charge in [0.2, 0.25) is 0 Å². The van der Waals surface area contributed by atoms with Gasteiger partial charge in [-0.2, -0.15) is 0 Å². The van der Waals surface area contributed by atoms with E-state index in [4.69, 9.17) is 9.47 Å². The zero-order chi connectivity index (χ0) is 43.8. The van der Waals surface area contributed by atoms with Gasteiger partial charge >= 0.3 is 11.9 Å². The normalized spacial score (nSPS) is 13.4. The molecule has 3 aromatic heterocycles. The first-order chi connectivity index (χ1) is 30.4. The fourth-order valence-corrected chi connectivity index (χ4v) is 11.4. The van der Waals surface area contributed by atoms with Crippen molar-refractivity contribution in [3.8, 4) is 0 Å². The van der Waals surface area contributed by atoms with E-state index in [9.17, 15) is 46.3 Å². The highest BCUT2D eigenvalue weighted by atomic mass is 32.1. The van der Waals surface area contributed by atoms with Gasteiger partial charge in [-0.25, -0.2) is 27.2 Å². The maximum atomic E-state index is 14.5. The minimum absolute atomic E-state index is 0.0281. The molecule has 308 valence electrons. The zero-order valence-electron chi connectivity index (χ0n) is 31.8. The molecule has 15 heteroatoms. The van der Waals surface area contributed by atoms with Crippen LogP contribution >= 0.6 is 34.0 Å². The van der Waals surface area contributed by atoms with Gasteiger partial charge in [-0.15, -0.1) is 34.0 Å². The molecule has 0 fully saturated rings. The van der Waals surface area contributed by atoms with Gasteiger partial charge < -0.3 is 9.47 Å². The summed E-state index contributed by atoms with van der Waals surface area (Å²) < 4.78 is 69.9. The smallest absolute Gasteiger partial charge is 0.340 e. The number of hydrogen-bond acceptors (Lipinski definition) is 11. The Labute approximate surface area is 363 Å². The van der Waals surface area contributed by atoms with Crippen molar-refractivity contribution in [2.24, 2.45) is 0 Å². The van der Waals surface area contributed by atoms with Crippen LogP contribution in [0.4, 0.5) is 17.6 Å². The molecular weight excluding hydrogens is 877 g/mol. The topological polar surface area (TPSA) is 121 Å². The van der Waals surface area contributed by atoms with Crippen LogP contribution in [0.3, 0.4) is 0 Å². The summed E-state index contributed by atoms with van der Waals surface area (Å²) in [6, 6.07) is 23.7. The molecule has 8 nitrogen and oxygen atoms in total. The number of carbonyl (C=O) groups excluding carboxylic acids is 6. The molecule has 5 aromatic carbocycles. The van der Waals surface area contributed by atoms with Gasteiger partial charge in [0, 0.05) is 47.5 Å². The monoisotopic (exact) mass is 898 g/mol. The third-order valence-electron chi connectivity index (χ3n) is 10.6. The van der Waals surface area contributed by atoms with E-state index in [1.54, 1.807) is 66.7 Å². The third kappa shape index (κ3) is 6.72. The number of ketones is 4. The fourth-order valence-electron chi connectivity index (χ4n) is 7.64. The Morgan fingerprint density at radius 1 is 0.492 bits per heavy atom. The molecule has 0 saturated carbocycles. The first-order valence-corrected chi connectivity index (χ1v) is 21.3. The van der Waals surface area contributed by atoms with Gasteiger partial charge in [-0.1, -0.05) is 60.7 Å².